The first-order chi connectivity index (χ1) is 11.2. The molecule has 1 N–H and O–H groups in total. The lowest BCUT2D eigenvalue weighted by Crippen LogP contribution is -2.21. The van der Waals surface area contributed by atoms with Crippen molar-refractivity contribution in [1.82, 2.24) is 5.32 Å². The third-order valence-corrected chi connectivity index (χ3v) is 4.44. The van der Waals surface area contributed by atoms with Crippen molar-refractivity contribution in [2.75, 3.05) is 6.54 Å². The highest BCUT2D eigenvalue weighted by Gasteiger charge is 1.96. The Morgan fingerprint density at radius 3 is 1.57 bits per heavy atom. The van der Waals surface area contributed by atoms with Crippen LogP contribution in [0.3, 0.4) is 0 Å². The topological polar surface area (TPSA) is 29.1 Å². The summed E-state index contributed by atoms with van der Waals surface area (Å²) in [6.45, 7) is 8.88. The van der Waals surface area contributed by atoms with Crippen molar-refractivity contribution in [2.45, 2.75) is 104 Å². The fraction of sp³-hybridized carbons (Fsp3) is 0.857. The molecule has 2 nitrogen and oxygen atoms in total. The fourth-order valence-corrected chi connectivity index (χ4v) is 2.91. The second-order valence-corrected chi connectivity index (χ2v) is 7.27. The summed E-state index contributed by atoms with van der Waals surface area (Å²) in [5, 5.41) is 2.82. The van der Waals surface area contributed by atoms with Gasteiger partial charge in [0.25, 0.3) is 0 Å². The molecule has 0 spiro atoms. The molecule has 0 radical (unpaired) electrons. The Morgan fingerprint density at radius 2 is 1.17 bits per heavy atom. The molecule has 0 fully saturated rings. The van der Waals surface area contributed by atoms with Crippen LogP contribution in [0.1, 0.15) is 104 Å². The van der Waals surface area contributed by atoms with Crippen molar-refractivity contribution in [1.29, 1.82) is 0 Å². The molecule has 0 aliphatic carbocycles. The van der Waals surface area contributed by atoms with Crippen LogP contribution in [0, 0.1) is 5.92 Å². The smallest absolute Gasteiger partial charge is 0.243 e. The molecule has 0 bridgehead atoms. The van der Waals surface area contributed by atoms with Crippen LogP contribution in [-0.2, 0) is 4.79 Å². The molecular weight excluding hydrogens is 282 g/mol. The zero-order chi connectivity index (χ0) is 17.2. The second-order valence-electron chi connectivity index (χ2n) is 7.27. The van der Waals surface area contributed by atoms with E-state index in [2.05, 4.69) is 25.7 Å². The quantitative estimate of drug-likeness (QED) is 0.243. The summed E-state index contributed by atoms with van der Waals surface area (Å²) in [4.78, 5) is 10.9. The molecule has 0 aliphatic heterocycles. The Balaban J connectivity index is 3.02. The molecule has 0 atom stereocenters. The highest BCUT2D eigenvalue weighted by molar-refractivity contribution is 5.86. The van der Waals surface area contributed by atoms with Gasteiger partial charge in [-0.2, -0.15) is 0 Å². The summed E-state index contributed by atoms with van der Waals surface area (Å²) in [5.74, 6) is 0.825. The minimum Gasteiger partial charge on any atom is -0.353 e. The summed E-state index contributed by atoms with van der Waals surface area (Å²) in [6.07, 6.45) is 20.5. The average molecular weight is 324 g/mol. The maximum Gasteiger partial charge on any atom is 0.243 e. The third-order valence-electron chi connectivity index (χ3n) is 4.44. The first-order valence-corrected chi connectivity index (χ1v) is 10.1. The average Bonchev–Trinajstić information content (AvgIpc) is 2.53. The maximum atomic E-state index is 10.9. The van der Waals surface area contributed by atoms with Crippen molar-refractivity contribution in [2.24, 2.45) is 5.92 Å². The minimum atomic E-state index is -0.0510. The van der Waals surface area contributed by atoms with Crippen molar-refractivity contribution < 1.29 is 4.79 Å². The van der Waals surface area contributed by atoms with Crippen LogP contribution in [0.25, 0.3) is 0 Å². The number of carbonyl (C=O) groups excluding carboxylic acids is 1. The van der Waals surface area contributed by atoms with Gasteiger partial charge in [0, 0.05) is 6.54 Å². The number of amides is 1. The Kier molecular flexibility index (Phi) is 17.0. The van der Waals surface area contributed by atoms with Crippen LogP contribution in [-0.4, -0.2) is 12.5 Å². The van der Waals surface area contributed by atoms with E-state index in [0.717, 1.165) is 18.9 Å². The summed E-state index contributed by atoms with van der Waals surface area (Å²) >= 11 is 0. The van der Waals surface area contributed by atoms with Crippen molar-refractivity contribution in [3.8, 4) is 0 Å². The summed E-state index contributed by atoms with van der Waals surface area (Å²) < 4.78 is 0. The zero-order valence-corrected chi connectivity index (χ0v) is 15.9. The van der Waals surface area contributed by atoms with Gasteiger partial charge in [-0.3, -0.25) is 4.79 Å². The van der Waals surface area contributed by atoms with Crippen LogP contribution >= 0.6 is 0 Å². The molecule has 0 aromatic carbocycles. The normalized spacial score (nSPS) is 10.9. The number of carbonyl (C=O) groups is 1. The van der Waals surface area contributed by atoms with E-state index in [1.54, 1.807) is 0 Å². The van der Waals surface area contributed by atoms with Gasteiger partial charge in [-0.25, -0.2) is 0 Å². The first-order valence-electron chi connectivity index (χ1n) is 10.1. The lowest BCUT2D eigenvalue weighted by atomic mass is 10.0. The van der Waals surface area contributed by atoms with E-state index in [1.807, 2.05) is 0 Å². The highest BCUT2D eigenvalue weighted by atomic mass is 16.1. The number of unbranched alkanes of at least 4 members (excludes halogenated alkanes) is 12. The molecule has 0 saturated carbocycles. The SMILES string of the molecule is C=CC(=O)NCCCCCCCCCCCCCCCC(C)C. The summed E-state index contributed by atoms with van der Waals surface area (Å²) in [7, 11) is 0. The predicted molar refractivity (Wildman–Crippen MR) is 103 cm³/mol. The van der Waals surface area contributed by atoms with Gasteiger partial charge in [0.1, 0.15) is 0 Å². The van der Waals surface area contributed by atoms with Crippen LogP contribution in [0.2, 0.25) is 0 Å². The Hall–Kier alpha value is -0.790. The fourth-order valence-electron chi connectivity index (χ4n) is 2.91. The molecule has 0 heterocycles. The van der Waals surface area contributed by atoms with E-state index in [9.17, 15) is 4.79 Å². The largest absolute Gasteiger partial charge is 0.353 e. The van der Waals surface area contributed by atoms with Gasteiger partial charge < -0.3 is 5.32 Å². The number of hydrogen-bond acceptors (Lipinski definition) is 1. The van der Waals surface area contributed by atoms with Crippen molar-refractivity contribution >= 4 is 5.91 Å². The standard InChI is InChI=1S/C21H41NO/c1-4-21(23)22-19-17-15-13-11-9-7-5-6-8-10-12-14-16-18-20(2)3/h4,20H,1,5-19H2,2-3H3,(H,22,23). The zero-order valence-electron chi connectivity index (χ0n) is 15.9. The molecule has 2 heteroatoms. The number of rotatable bonds is 17. The molecule has 136 valence electrons. The molecule has 0 unspecified atom stereocenters. The molecule has 0 aliphatic rings. The maximum absolute atomic E-state index is 10.9. The summed E-state index contributed by atoms with van der Waals surface area (Å²) in [6, 6.07) is 0. The van der Waals surface area contributed by atoms with E-state index in [-0.39, 0.29) is 5.91 Å². The molecule has 0 aromatic heterocycles. The van der Waals surface area contributed by atoms with Gasteiger partial charge in [-0.15, -0.1) is 0 Å². The number of hydrogen-bond donors (Lipinski definition) is 1. The molecule has 0 rings (SSSR count). The van der Waals surface area contributed by atoms with Gasteiger partial charge in [0.2, 0.25) is 5.91 Å². The van der Waals surface area contributed by atoms with Crippen LogP contribution in [0.15, 0.2) is 12.7 Å². The predicted octanol–water partition coefficient (Wildman–Crippen LogP) is 6.41. The summed E-state index contributed by atoms with van der Waals surface area (Å²) in [5.41, 5.74) is 0. The molecule has 0 saturated heterocycles. The highest BCUT2D eigenvalue weighted by Crippen LogP contribution is 2.14. The van der Waals surface area contributed by atoms with E-state index >= 15 is 0 Å². The minimum absolute atomic E-state index is 0.0510. The van der Waals surface area contributed by atoms with Crippen LogP contribution < -0.4 is 5.32 Å². The van der Waals surface area contributed by atoms with Gasteiger partial charge in [0.05, 0.1) is 0 Å². The van der Waals surface area contributed by atoms with E-state index in [1.165, 1.54) is 89.5 Å². The number of nitrogens with one attached hydrogen (secondary N) is 1. The van der Waals surface area contributed by atoms with Crippen molar-refractivity contribution in [3.63, 3.8) is 0 Å². The van der Waals surface area contributed by atoms with Gasteiger partial charge in [-0.1, -0.05) is 104 Å². The second kappa shape index (κ2) is 17.6. The monoisotopic (exact) mass is 323 g/mol. The Bertz CT molecular complexity index is 273. The van der Waals surface area contributed by atoms with E-state index in [4.69, 9.17) is 0 Å². The van der Waals surface area contributed by atoms with Crippen LogP contribution in [0.5, 0.6) is 0 Å². The van der Waals surface area contributed by atoms with E-state index < -0.39 is 0 Å². The van der Waals surface area contributed by atoms with Gasteiger partial charge in [-0.05, 0) is 18.4 Å². The lowest BCUT2D eigenvalue weighted by Gasteiger charge is -2.05. The Labute approximate surface area is 145 Å². The molecule has 1 amide bonds. The van der Waals surface area contributed by atoms with Crippen molar-refractivity contribution in [3.05, 3.63) is 12.7 Å². The van der Waals surface area contributed by atoms with Gasteiger partial charge in [0.15, 0.2) is 0 Å². The first kappa shape index (κ1) is 22.2. The molecule has 23 heavy (non-hydrogen) atoms. The van der Waals surface area contributed by atoms with Crippen LogP contribution in [0.4, 0.5) is 0 Å². The van der Waals surface area contributed by atoms with Gasteiger partial charge >= 0.3 is 0 Å². The van der Waals surface area contributed by atoms with E-state index in [0.29, 0.717) is 0 Å². The molecular formula is C21H41NO. The lowest BCUT2D eigenvalue weighted by molar-refractivity contribution is -0.116. The Morgan fingerprint density at radius 1 is 0.783 bits per heavy atom. The third kappa shape index (κ3) is 19.2. The molecule has 0 aromatic rings.